The molecule has 0 fully saturated rings. The van der Waals surface area contributed by atoms with E-state index in [1.807, 2.05) is 23.1 Å². The van der Waals surface area contributed by atoms with Crippen molar-refractivity contribution in [3.05, 3.63) is 50.7 Å². The summed E-state index contributed by atoms with van der Waals surface area (Å²) >= 11 is 1.67. The number of nitrogens with zero attached hydrogens (tertiary/aromatic N) is 1. The van der Waals surface area contributed by atoms with Gasteiger partial charge in [0.1, 0.15) is 12.4 Å². The standard InChI is InChI=1S/C20H23NO3S/c22-13-14-6-7-17-16(10-14)12-21(8-9-24-17)20(23)19-11-15-4-2-1-3-5-18(15)25-19/h6-7,10-11,22H,1-5,8-9,12-13H2. The molecule has 1 aliphatic carbocycles. The van der Waals surface area contributed by atoms with Gasteiger partial charge in [-0.3, -0.25) is 4.79 Å². The van der Waals surface area contributed by atoms with Gasteiger partial charge in [0.05, 0.1) is 18.0 Å². The molecule has 0 radical (unpaired) electrons. The summed E-state index contributed by atoms with van der Waals surface area (Å²) in [6, 6.07) is 7.81. The van der Waals surface area contributed by atoms with E-state index < -0.39 is 0 Å². The van der Waals surface area contributed by atoms with Gasteiger partial charge in [0.25, 0.3) is 5.91 Å². The molecular weight excluding hydrogens is 334 g/mol. The van der Waals surface area contributed by atoms with Crippen molar-refractivity contribution in [2.75, 3.05) is 13.2 Å². The van der Waals surface area contributed by atoms with Gasteiger partial charge in [-0.2, -0.15) is 0 Å². The minimum absolute atomic E-state index is 0.00112. The summed E-state index contributed by atoms with van der Waals surface area (Å²) in [6.07, 6.45) is 5.96. The second kappa shape index (κ2) is 7.18. The number of fused-ring (bicyclic) bond motifs is 2. The number of hydrogen-bond acceptors (Lipinski definition) is 4. The first-order valence-corrected chi connectivity index (χ1v) is 9.82. The number of ether oxygens (including phenoxy) is 1. The number of aliphatic hydroxyl groups excluding tert-OH is 1. The number of amides is 1. The molecule has 132 valence electrons. The quantitative estimate of drug-likeness (QED) is 0.837. The van der Waals surface area contributed by atoms with E-state index in [1.54, 1.807) is 11.3 Å². The van der Waals surface area contributed by atoms with Crippen molar-refractivity contribution in [3.63, 3.8) is 0 Å². The van der Waals surface area contributed by atoms with Gasteiger partial charge in [-0.25, -0.2) is 0 Å². The Hall–Kier alpha value is -1.85. The lowest BCUT2D eigenvalue weighted by atomic mass is 10.1. The van der Waals surface area contributed by atoms with Gasteiger partial charge in [-0.05, 0) is 55.0 Å². The maximum absolute atomic E-state index is 13.1. The third-order valence-electron chi connectivity index (χ3n) is 5.03. The first-order valence-electron chi connectivity index (χ1n) is 9.01. The van der Waals surface area contributed by atoms with Crippen LogP contribution in [0.4, 0.5) is 0 Å². The number of hydrogen-bond donors (Lipinski definition) is 1. The van der Waals surface area contributed by atoms with Crippen molar-refractivity contribution in [3.8, 4) is 5.75 Å². The summed E-state index contributed by atoms with van der Waals surface area (Å²) in [7, 11) is 0. The number of aliphatic hydroxyl groups is 1. The molecule has 1 amide bonds. The summed E-state index contributed by atoms with van der Waals surface area (Å²) in [4.78, 5) is 17.2. The van der Waals surface area contributed by atoms with Crippen molar-refractivity contribution < 1.29 is 14.6 Å². The zero-order chi connectivity index (χ0) is 17.2. The Morgan fingerprint density at radius 3 is 2.92 bits per heavy atom. The minimum atomic E-state index is -0.00112. The highest BCUT2D eigenvalue weighted by atomic mass is 32.1. The minimum Gasteiger partial charge on any atom is -0.491 e. The molecule has 0 atom stereocenters. The van der Waals surface area contributed by atoms with Crippen LogP contribution in [-0.2, 0) is 26.0 Å². The van der Waals surface area contributed by atoms with E-state index in [1.165, 1.54) is 29.7 Å². The molecule has 2 heterocycles. The van der Waals surface area contributed by atoms with Crippen LogP contribution in [0.2, 0.25) is 0 Å². The Bertz CT molecular complexity index is 760. The second-order valence-electron chi connectivity index (χ2n) is 6.80. The Balaban J connectivity index is 1.57. The average Bonchev–Trinajstić information content (AvgIpc) is 2.80. The summed E-state index contributed by atoms with van der Waals surface area (Å²) in [5.74, 6) is 0.915. The molecule has 1 aromatic carbocycles. The Morgan fingerprint density at radius 1 is 1.16 bits per heavy atom. The molecular formula is C20H23NO3S. The molecule has 4 nitrogen and oxygen atoms in total. The summed E-state index contributed by atoms with van der Waals surface area (Å²) in [5, 5.41) is 9.36. The Labute approximate surface area is 152 Å². The average molecular weight is 357 g/mol. The first-order chi connectivity index (χ1) is 12.2. The lowest BCUT2D eigenvalue weighted by molar-refractivity contribution is 0.0738. The number of rotatable bonds is 2. The summed E-state index contributed by atoms with van der Waals surface area (Å²) in [5.41, 5.74) is 3.19. The molecule has 25 heavy (non-hydrogen) atoms. The molecule has 1 aromatic heterocycles. The topological polar surface area (TPSA) is 49.8 Å². The van der Waals surface area contributed by atoms with E-state index in [0.717, 1.165) is 34.6 Å². The monoisotopic (exact) mass is 357 g/mol. The lowest BCUT2D eigenvalue weighted by Gasteiger charge is -2.19. The van der Waals surface area contributed by atoms with E-state index >= 15 is 0 Å². The summed E-state index contributed by atoms with van der Waals surface area (Å²) < 4.78 is 5.79. The zero-order valence-corrected chi connectivity index (χ0v) is 15.1. The molecule has 0 saturated heterocycles. The Kier molecular flexibility index (Phi) is 4.77. The predicted molar refractivity (Wildman–Crippen MR) is 98.2 cm³/mol. The largest absolute Gasteiger partial charge is 0.491 e. The predicted octanol–water partition coefficient (Wildman–Crippen LogP) is 3.54. The highest BCUT2D eigenvalue weighted by Crippen LogP contribution is 2.31. The van der Waals surface area contributed by atoms with Gasteiger partial charge in [-0.15, -0.1) is 11.3 Å². The molecule has 4 rings (SSSR count). The molecule has 2 aromatic rings. The van der Waals surface area contributed by atoms with Gasteiger partial charge in [0, 0.05) is 17.0 Å². The SMILES string of the molecule is O=C(c1cc2c(s1)CCCCC2)N1CCOc2ccc(CO)cc2C1. The van der Waals surface area contributed by atoms with Crippen molar-refractivity contribution in [1.29, 1.82) is 0 Å². The highest BCUT2D eigenvalue weighted by molar-refractivity contribution is 7.14. The molecule has 0 bridgehead atoms. The van der Waals surface area contributed by atoms with Gasteiger partial charge >= 0.3 is 0 Å². The molecule has 1 N–H and O–H groups in total. The fourth-order valence-corrected chi connectivity index (χ4v) is 4.87. The molecule has 0 unspecified atom stereocenters. The molecule has 2 aliphatic rings. The third kappa shape index (κ3) is 3.44. The van der Waals surface area contributed by atoms with Crippen LogP contribution >= 0.6 is 11.3 Å². The maximum atomic E-state index is 13.1. The fraction of sp³-hybridized carbons (Fsp3) is 0.450. The van der Waals surface area contributed by atoms with E-state index in [9.17, 15) is 9.90 Å². The molecule has 0 saturated carbocycles. The number of carbonyl (C=O) groups is 1. The smallest absolute Gasteiger partial charge is 0.264 e. The Morgan fingerprint density at radius 2 is 2.04 bits per heavy atom. The van der Waals surface area contributed by atoms with E-state index in [4.69, 9.17) is 4.74 Å². The van der Waals surface area contributed by atoms with E-state index in [-0.39, 0.29) is 12.5 Å². The second-order valence-corrected chi connectivity index (χ2v) is 7.93. The molecule has 1 aliphatic heterocycles. The van der Waals surface area contributed by atoms with Crippen LogP contribution in [0.3, 0.4) is 0 Å². The fourth-order valence-electron chi connectivity index (χ4n) is 3.65. The van der Waals surface area contributed by atoms with Crippen LogP contribution in [0, 0.1) is 0 Å². The van der Waals surface area contributed by atoms with Crippen LogP contribution in [0.1, 0.15) is 50.5 Å². The number of benzene rings is 1. The van der Waals surface area contributed by atoms with Crippen molar-refractivity contribution in [1.82, 2.24) is 4.90 Å². The van der Waals surface area contributed by atoms with Gasteiger partial charge < -0.3 is 14.7 Å². The number of aryl methyl sites for hydroxylation is 2. The van der Waals surface area contributed by atoms with Crippen LogP contribution in [0.5, 0.6) is 5.75 Å². The normalized spacial score (nSPS) is 17.1. The van der Waals surface area contributed by atoms with Crippen molar-refractivity contribution in [2.24, 2.45) is 0 Å². The first kappa shape index (κ1) is 16.6. The lowest BCUT2D eigenvalue weighted by Crippen LogP contribution is -2.31. The van der Waals surface area contributed by atoms with Gasteiger partial charge in [0.2, 0.25) is 0 Å². The van der Waals surface area contributed by atoms with Crippen molar-refractivity contribution in [2.45, 2.75) is 45.3 Å². The van der Waals surface area contributed by atoms with Crippen LogP contribution in [-0.4, -0.2) is 29.1 Å². The van der Waals surface area contributed by atoms with E-state index in [0.29, 0.717) is 19.7 Å². The highest BCUT2D eigenvalue weighted by Gasteiger charge is 2.24. The number of carbonyl (C=O) groups excluding carboxylic acids is 1. The molecule has 0 spiro atoms. The zero-order valence-electron chi connectivity index (χ0n) is 14.3. The van der Waals surface area contributed by atoms with Crippen LogP contribution < -0.4 is 4.74 Å². The van der Waals surface area contributed by atoms with Crippen LogP contribution in [0.15, 0.2) is 24.3 Å². The van der Waals surface area contributed by atoms with Gasteiger partial charge in [0.15, 0.2) is 0 Å². The third-order valence-corrected chi connectivity index (χ3v) is 6.26. The van der Waals surface area contributed by atoms with Crippen molar-refractivity contribution >= 4 is 17.2 Å². The number of thiophene rings is 1. The van der Waals surface area contributed by atoms with Crippen LogP contribution in [0.25, 0.3) is 0 Å². The molecule has 5 heteroatoms. The van der Waals surface area contributed by atoms with E-state index in [2.05, 4.69) is 6.07 Å². The maximum Gasteiger partial charge on any atom is 0.264 e. The van der Waals surface area contributed by atoms with Gasteiger partial charge in [-0.1, -0.05) is 12.5 Å². The summed E-state index contributed by atoms with van der Waals surface area (Å²) in [6.45, 7) is 1.62.